The van der Waals surface area contributed by atoms with E-state index in [9.17, 15) is 4.79 Å². The lowest BCUT2D eigenvalue weighted by molar-refractivity contribution is 0.0692. The SMILES string of the molecule is COc1ccc2[nH]c(C)c(C(=O)CN3CCN(C4CCCCC4)CC3)c2c1. The molecule has 27 heavy (non-hydrogen) atoms. The molecule has 4 rings (SSSR count). The van der Waals surface area contributed by atoms with E-state index in [1.165, 1.54) is 32.1 Å². The Labute approximate surface area is 161 Å². The first kappa shape index (κ1) is 18.5. The highest BCUT2D eigenvalue weighted by Crippen LogP contribution is 2.27. The minimum Gasteiger partial charge on any atom is -0.497 e. The zero-order valence-electron chi connectivity index (χ0n) is 16.6. The van der Waals surface area contributed by atoms with Gasteiger partial charge in [-0.05, 0) is 38.0 Å². The van der Waals surface area contributed by atoms with Crippen molar-refractivity contribution < 1.29 is 9.53 Å². The van der Waals surface area contributed by atoms with Crippen molar-refractivity contribution >= 4 is 16.7 Å². The number of methoxy groups -OCH3 is 1. The number of aromatic amines is 1. The van der Waals surface area contributed by atoms with Crippen molar-refractivity contribution in [1.82, 2.24) is 14.8 Å². The molecule has 0 amide bonds. The molecule has 2 aromatic rings. The Hall–Kier alpha value is -1.85. The number of aromatic nitrogens is 1. The van der Waals surface area contributed by atoms with Gasteiger partial charge in [-0.3, -0.25) is 14.6 Å². The summed E-state index contributed by atoms with van der Waals surface area (Å²) in [6.45, 7) is 6.67. The Morgan fingerprint density at radius 3 is 2.59 bits per heavy atom. The lowest BCUT2D eigenvalue weighted by Gasteiger charge is -2.40. The molecule has 1 saturated carbocycles. The van der Waals surface area contributed by atoms with Crippen LogP contribution >= 0.6 is 0 Å². The van der Waals surface area contributed by atoms with Crippen molar-refractivity contribution in [3.8, 4) is 5.75 Å². The summed E-state index contributed by atoms with van der Waals surface area (Å²) in [5.74, 6) is 0.995. The van der Waals surface area contributed by atoms with Gasteiger partial charge in [0.05, 0.1) is 13.7 Å². The number of fused-ring (bicyclic) bond motifs is 1. The maximum atomic E-state index is 13.1. The van der Waals surface area contributed by atoms with E-state index >= 15 is 0 Å². The number of piperazine rings is 1. The summed E-state index contributed by atoms with van der Waals surface area (Å²) >= 11 is 0. The van der Waals surface area contributed by atoms with Gasteiger partial charge >= 0.3 is 0 Å². The van der Waals surface area contributed by atoms with Crippen molar-refractivity contribution in [2.24, 2.45) is 0 Å². The summed E-state index contributed by atoms with van der Waals surface area (Å²) in [6, 6.07) is 6.66. The van der Waals surface area contributed by atoms with Crippen molar-refractivity contribution in [1.29, 1.82) is 0 Å². The first-order valence-electron chi connectivity index (χ1n) is 10.3. The van der Waals surface area contributed by atoms with E-state index in [-0.39, 0.29) is 5.78 Å². The van der Waals surface area contributed by atoms with Gasteiger partial charge in [-0.1, -0.05) is 19.3 Å². The summed E-state index contributed by atoms with van der Waals surface area (Å²) in [5.41, 5.74) is 2.77. The fourth-order valence-corrected chi connectivity index (χ4v) is 4.81. The van der Waals surface area contributed by atoms with Crippen molar-refractivity contribution in [3.63, 3.8) is 0 Å². The van der Waals surface area contributed by atoms with Gasteiger partial charge < -0.3 is 9.72 Å². The lowest BCUT2D eigenvalue weighted by atomic mass is 9.94. The van der Waals surface area contributed by atoms with Crippen molar-refractivity contribution in [2.45, 2.75) is 45.1 Å². The van der Waals surface area contributed by atoms with Crippen LogP contribution in [0.4, 0.5) is 0 Å². The van der Waals surface area contributed by atoms with Crippen LogP contribution in [0.25, 0.3) is 10.9 Å². The Balaban J connectivity index is 1.41. The minimum atomic E-state index is 0.207. The van der Waals surface area contributed by atoms with E-state index in [4.69, 9.17) is 4.74 Å². The number of ketones is 1. The molecule has 2 aliphatic rings. The molecule has 0 unspecified atom stereocenters. The third-order valence-electron chi connectivity index (χ3n) is 6.34. The molecule has 2 fully saturated rings. The fraction of sp³-hybridized carbons (Fsp3) is 0.591. The molecule has 1 aromatic carbocycles. The molecule has 0 spiro atoms. The number of benzene rings is 1. The van der Waals surface area contributed by atoms with Crippen LogP contribution in [-0.2, 0) is 0 Å². The zero-order valence-corrected chi connectivity index (χ0v) is 16.6. The van der Waals surface area contributed by atoms with Gasteiger partial charge in [-0.2, -0.15) is 0 Å². The second kappa shape index (κ2) is 8.03. The van der Waals surface area contributed by atoms with Gasteiger partial charge in [0, 0.05) is 54.4 Å². The van der Waals surface area contributed by atoms with Gasteiger partial charge in [-0.15, -0.1) is 0 Å². The van der Waals surface area contributed by atoms with E-state index in [1.807, 2.05) is 25.1 Å². The van der Waals surface area contributed by atoms with Crippen LogP contribution in [0, 0.1) is 6.92 Å². The molecule has 146 valence electrons. The van der Waals surface area contributed by atoms with E-state index in [2.05, 4.69) is 14.8 Å². The quantitative estimate of drug-likeness (QED) is 0.818. The summed E-state index contributed by atoms with van der Waals surface area (Å²) in [5, 5.41) is 0.970. The first-order chi connectivity index (χ1) is 13.2. The maximum absolute atomic E-state index is 13.1. The largest absolute Gasteiger partial charge is 0.497 e. The maximum Gasteiger partial charge on any atom is 0.179 e. The van der Waals surface area contributed by atoms with Gasteiger partial charge in [-0.25, -0.2) is 0 Å². The van der Waals surface area contributed by atoms with E-state index in [0.29, 0.717) is 6.54 Å². The fourth-order valence-electron chi connectivity index (χ4n) is 4.81. The highest BCUT2D eigenvalue weighted by molar-refractivity contribution is 6.10. The number of nitrogens with one attached hydrogen (secondary N) is 1. The molecule has 1 N–H and O–H groups in total. The molecule has 0 atom stereocenters. The lowest BCUT2D eigenvalue weighted by Crippen LogP contribution is -2.51. The summed E-state index contributed by atoms with van der Waals surface area (Å²) in [7, 11) is 1.66. The number of ether oxygens (including phenoxy) is 1. The molecule has 5 nitrogen and oxygen atoms in total. The molecule has 1 aliphatic carbocycles. The number of H-pyrrole nitrogens is 1. The normalized spacial score (nSPS) is 20.2. The van der Waals surface area contributed by atoms with Crippen molar-refractivity contribution in [3.05, 3.63) is 29.5 Å². The number of rotatable bonds is 5. The third kappa shape index (κ3) is 3.90. The van der Waals surface area contributed by atoms with Gasteiger partial charge in [0.25, 0.3) is 0 Å². The minimum absolute atomic E-state index is 0.207. The molecule has 1 aliphatic heterocycles. The number of aryl methyl sites for hydroxylation is 1. The third-order valence-corrected chi connectivity index (χ3v) is 6.34. The molecule has 1 saturated heterocycles. The van der Waals surface area contributed by atoms with Crippen LogP contribution in [0.1, 0.15) is 48.2 Å². The standard InChI is InChI=1S/C22H31N3O2/c1-16-22(19-14-18(27-2)8-9-20(19)23-16)21(26)15-24-10-12-25(13-11-24)17-6-4-3-5-7-17/h8-9,14,17,23H,3-7,10-13,15H2,1-2H3. The van der Waals surface area contributed by atoms with Gasteiger partial charge in [0.1, 0.15) is 5.75 Å². The molecule has 0 radical (unpaired) electrons. The van der Waals surface area contributed by atoms with Gasteiger partial charge in [0.2, 0.25) is 0 Å². The summed E-state index contributed by atoms with van der Waals surface area (Å²) < 4.78 is 5.34. The van der Waals surface area contributed by atoms with Crippen LogP contribution in [-0.4, -0.2) is 66.4 Å². The Morgan fingerprint density at radius 1 is 1.15 bits per heavy atom. The topological polar surface area (TPSA) is 48.6 Å². The van der Waals surface area contributed by atoms with Crippen LogP contribution in [0.5, 0.6) is 5.75 Å². The van der Waals surface area contributed by atoms with Crippen molar-refractivity contribution in [2.75, 3.05) is 39.8 Å². The highest BCUT2D eigenvalue weighted by atomic mass is 16.5. The van der Waals surface area contributed by atoms with E-state index < -0.39 is 0 Å². The Morgan fingerprint density at radius 2 is 1.89 bits per heavy atom. The second-order valence-corrected chi connectivity index (χ2v) is 8.06. The molecule has 1 aromatic heterocycles. The number of carbonyl (C=O) groups is 1. The van der Waals surface area contributed by atoms with Crippen LogP contribution in [0.2, 0.25) is 0 Å². The molecule has 0 bridgehead atoms. The van der Waals surface area contributed by atoms with Crippen LogP contribution in [0.3, 0.4) is 0 Å². The Kier molecular flexibility index (Phi) is 5.50. The average molecular weight is 370 g/mol. The smallest absolute Gasteiger partial charge is 0.179 e. The van der Waals surface area contributed by atoms with Crippen LogP contribution < -0.4 is 4.74 Å². The number of Topliss-reactive ketones (excluding diaryl/α,β-unsaturated/α-hetero) is 1. The summed E-state index contributed by atoms with van der Waals surface area (Å²) in [4.78, 5) is 21.4. The first-order valence-corrected chi connectivity index (χ1v) is 10.3. The number of nitrogens with zero attached hydrogens (tertiary/aromatic N) is 2. The number of hydrogen-bond donors (Lipinski definition) is 1. The number of hydrogen-bond acceptors (Lipinski definition) is 4. The second-order valence-electron chi connectivity index (χ2n) is 8.06. The summed E-state index contributed by atoms with van der Waals surface area (Å²) in [6.07, 6.45) is 6.88. The van der Waals surface area contributed by atoms with Crippen LogP contribution in [0.15, 0.2) is 18.2 Å². The van der Waals surface area contributed by atoms with E-state index in [1.54, 1.807) is 7.11 Å². The molecular formula is C22H31N3O2. The molecular weight excluding hydrogens is 338 g/mol. The monoisotopic (exact) mass is 369 g/mol. The number of carbonyl (C=O) groups excluding carboxylic acids is 1. The molecule has 5 heteroatoms. The zero-order chi connectivity index (χ0) is 18.8. The predicted octanol–water partition coefficient (Wildman–Crippen LogP) is 3.62. The Bertz CT molecular complexity index is 799. The van der Waals surface area contributed by atoms with E-state index in [0.717, 1.165) is 60.1 Å². The average Bonchev–Trinajstić information content (AvgIpc) is 3.04. The predicted molar refractivity (Wildman–Crippen MR) is 109 cm³/mol. The highest BCUT2D eigenvalue weighted by Gasteiger charge is 2.27. The van der Waals surface area contributed by atoms with Gasteiger partial charge in [0.15, 0.2) is 5.78 Å². The molecule has 2 heterocycles.